The van der Waals surface area contributed by atoms with Crippen LogP contribution in [0, 0.1) is 5.92 Å². The van der Waals surface area contributed by atoms with Crippen molar-refractivity contribution in [2.24, 2.45) is 11.7 Å². The van der Waals surface area contributed by atoms with Gasteiger partial charge in [-0.3, -0.25) is 24.0 Å². The Kier molecular flexibility index (Phi) is 11.4. The van der Waals surface area contributed by atoms with E-state index < -0.39 is 59.7 Å². The van der Waals surface area contributed by atoms with Crippen LogP contribution >= 0.6 is 0 Å². The fraction of sp³-hybridized carbons (Fsp3) is 0.432. The first-order valence-electron chi connectivity index (χ1n) is 16.9. The van der Waals surface area contributed by atoms with Crippen LogP contribution in [0.2, 0.25) is 0 Å². The van der Waals surface area contributed by atoms with Gasteiger partial charge in [-0.15, -0.1) is 0 Å². The molecule has 5 rings (SSSR count). The third-order valence-electron chi connectivity index (χ3n) is 9.05. The molecule has 11 heteroatoms. The molecule has 6 N–H and O–H groups in total. The van der Waals surface area contributed by atoms with Gasteiger partial charge in [0.25, 0.3) is 0 Å². The van der Waals surface area contributed by atoms with E-state index in [0.29, 0.717) is 25.8 Å². The van der Waals surface area contributed by atoms with Crippen LogP contribution in [-0.4, -0.2) is 77.7 Å². The van der Waals surface area contributed by atoms with Crippen LogP contribution in [0.1, 0.15) is 50.7 Å². The molecule has 2 aliphatic rings. The molecular weight excluding hydrogens is 608 g/mol. The highest BCUT2D eigenvalue weighted by Crippen LogP contribution is 2.21. The van der Waals surface area contributed by atoms with E-state index in [0.717, 1.165) is 21.9 Å². The Bertz CT molecular complexity index is 1630. The molecule has 48 heavy (non-hydrogen) atoms. The summed E-state index contributed by atoms with van der Waals surface area (Å²) in [6.45, 7) is 4.30. The Balaban J connectivity index is 1.40. The maximum Gasteiger partial charge on any atom is 0.245 e. The fourth-order valence-corrected chi connectivity index (χ4v) is 6.52. The Morgan fingerprint density at radius 3 is 2.31 bits per heavy atom. The summed E-state index contributed by atoms with van der Waals surface area (Å²) < 4.78 is 0. The zero-order chi connectivity index (χ0) is 34.2. The van der Waals surface area contributed by atoms with E-state index in [1.807, 2.05) is 86.6 Å². The molecule has 0 unspecified atom stereocenters. The van der Waals surface area contributed by atoms with Crippen LogP contribution in [-0.2, 0) is 36.8 Å². The van der Waals surface area contributed by atoms with Crippen LogP contribution in [0.15, 0.2) is 72.8 Å². The van der Waals surface area contributed by atoms with Gasteiger partial charge in [-0.1, -0.05) is 86.6 Å². The van der Waals surface area contributed by atoms with Crippen molar-refractivity contribution in [1.82, 2.24) is 26.2 Å². The van der Waals surface area contributed by atoms with Crippen molar-refractivity contribution in [1.29, 1.82) is 0 Å². The molecular formula is C37H46N6O5. The van der Waals surface area contributed by atoms with Crippen LogP contribution < -0.4 is 27.0 Å². The summed E-state index contributed by atoms with van der Waals surface area (Å²) in [5.41, 5.74) is 7.98. The van der Waals surface area contributed by atoms with Crippen molar-refractivity contribution in [2.45, 2.75) is 82.6 Å². The van der Waals surface area contributed by atoms with Gasteiger partial charge in [-0.2, -0.15) is 0 Å². The first kappa shape index (κ1) is 34.6. The predicted octanol–water partition coefficient (Wildman–Crippen LogP) is 1.96. The summed E-state index contributed by atoms with van der Waals surface area (Å²) in [7, 11) is 0. The topological polar surface area (TPSA) is 163 Å². The van der Waals surface area contributed by atoms with E-state index in [1.54, 1.807) is 0 Å². The number of carbonyl (C=O) groups is 5. The molecule has 0 aromatic heterocycles. The van der Waals surface area contributed by atoms with Gasteiger partial charge in [0, 0.05) is 19.5 Å². The number of nitrogens with two attached hydrogens (primary N) is 1. The van der Waals surface area contributed by atoms with Gasteiger partial charge < -0.3 is 31.9 Å². The Morgan fingerprint density at radius 1 is 0.854 bits per heavy atom. The first-order valence-corrected chi connectivity index (χ1v) is 16.9. The van der Waals surface area contributed by atoms with Gasteiger partial charge in [0.05, 0.1) is 6.04 Å². The molecule has 0 radical (unpaired) electrons. The number of amides is 5. The van der Waals surface area contributed by atoms with Crippen LogP contribution in [0.5, 0.6) is 0 Å². The number of carbonyl (C=O) groups excluding carboxylic acids is 5. The van der Waals surface area contributed by atoms with E-state index in [1.165, 1.54) is 4.90 Å². The van der Waals surface area contributed by atoms with Gasteiger partial charge >= 0.3 is 0 Å². The molecule has 3 aromatic carbocycles. The number of hydrogen-bond acceptors (Lipinski definition) is 6. The lowest BCUT2D eigenvalue weighted by atomic mass is 9.99. The molecule has 254 valence electrons. The molecule has 3 aromatic rings. The summed E-state index contributed by atoms with van der Waals surface area (Å²) >= 11 is 0. The smallest absolute Gasteiger partial charge is 0.245 e. The molecule has 5 amide bonds. The molecule has 0 saturated carbocycles. The minimum absolute atomic E-state index is 0.0686. The second kappa shape index (κ2) is 15.9. The van der Waals surface area contributed by atoms with Crippen molar-refractivity contribution in [2.75, 3.05) is 13.1 Å². The van der Waals surface area contributed by atoms with Gasteiger partial charge in [-0.25, -0.2) is 0 Å². The van der Waals surface area contributed by atoms with Crippen molar-refractivity contribution < 1.29 is 24.0 Å². The SMILES string of the molecule is CC(C)C[C@@H]1NC(=O)[C@H](Cc2ccc3ccccc3c2)NC(=O)[C@H]2CCCN2C(=O)[C@H](NC(=O)[C@@H](N)Cc2ccccc2)CCNC1=O. The van der Waals surface area contributed by atoms with Gasteiger partial charge in [0.2, 0.25) is 29.5 Å². The maximum atomic E-state index is 14.0. The molecule has 0 aliphatic carbocycles. The maximum absolute atomic E-state index is 14.0. The lowest BCUT2D eigenvalue weighted by Gasteiger charge is -2.31. The second-order valence-electron chi connectivity index (χ2n) is 13.3. The Morgan fingerprint density at radius 2 is 1.56 bits per heavy atom. The minimum Gasteiger partial charge on any atom is -0.354 e. The van der Waals surface area contributed by atoms with Gasteiger partial charge in [0.1, 0.15) is 24.2 Å². The second-order valence-corrected chi connectivity index (χ2v) is 13.3. The quantitative estimate of drug-likeness (QED) is 0.250. The van der Waals surface area contributed by atoms with Crippen molar-refractivity contribution in [3.8, 4) is 0 Å². The Hall–Kier alpha value is -4.77. The van der Waals surface area contributed by atoms with E-state index in [-0.39, 0.29) is 31.7 Å². The third kappa shape index (κ3) is 8.77. The number of fused-ring (bicyclic) bond motifs is 2. The number of nitrogens with one attached hydrogen (secondary N) is 4. The van der Waals surface area contributed by atoms with E-state index in [2.05, 4.69) is 21.3 Å². The number of benzene rings is 3. The zero-order valence-corrected chi connectivity index (χ0v) is 27.6. The molecule has 2 aliphatic heterocycles. The van der Waals surface area contributed by atoms with Crippen LogP contribution in [0.25, 0.3) is 10.8 Å². The third-order valence-corrected chi connectivity index (χ3v) is 9.05. The highest BCUT2D eigenvalue weighted by molar-refractivity contribution is 5.96. The monoisotopic (exact) mass is 654 g/mol. The molecule has 2 heterocycles. The summed E-state index contributed by atoms with van der Waals surface area (Å²) in [5.74, 6) is -2.15. The summed E-state index contributed by atoms with van der Waals surface area (Å²) in [6.07, 6.45) is 1.95. The lowest BCUT2D eigenvalue weighted by Crippen LogP contribution is -2.60. The summed E-state index contributed by atoms with van der Waals surface area (Å²) in [4.78, 5) is 69.8. The molecule has 2 saturated heterocycles. The normalized spacial score (nSPS) is 23.1. The predicted molar refractivity (Wildman–Crippen MR) is 183 cm³/mol. The van der Waals surface area contributed by atoms with Crippen molar-refractivity contribution >= 4 is 40.3 Å². The van der Waals surface area contributed by atoms with E-state index in [9.17, 15) is 24.0 Å². The molecule has 11 nitrogen and oxygen atoms in total. The average Bonchev–Trinajstić information content (AvgIpc) is 3.57. The first-order chi connectivity index (χ1) is 23.1. The molecule has 0 spiro atoms. The summed E-state index contributed by atoms with van der Waals surface area (Å²) in [5, 5.41) is 13.5. The summed E-state index contributed by atoms with van der Waals surface area (Å²) in [6, 6.07) is 18.5. The van der Waals surface area contributed by atoms with Gasteiger partial charge in [0.15, 0.2) is 0 Å². The lowest BCUT2D eigenvalue weighted by molar-refractivity contribution is -0.142. The molecule has 0 bridgehead atoms. The minimum atomic E-state index is -1.01. The van der Waals surface area contributed by atoms with Gasteiger partial charge in [-0.05, 0) is 59.9 Å². The average molecular weight is 655 g/mol. The van der Waals surface area contributed by atoms with Crippen molar-refractivity contribution in [3.63, 3.8) is 0 Å². The largest absolute Gasteiger partial charge is 0.354 e. The number of nitrogens with zero attached hydrogens (tertiary/aromatic N) is 1. The van der Waals surface area contributed by atoms with Crippen LogP contribution in [0.4, 0.5) is 0 Å². The number of rotatable bonds is 8. The highest BCUT2D eigenvalue weighted by Gasteiger charge is 2.40. The van der Waals surface area contributed by atoms with E-state index >= 15 is 0 Å². The molecule has 5 atom stereocenters. The fourth-order valence-electron chi connectivity index (χ4n) is 6.52. The zero-order valence-electron chi connectivity index (χ0n) is 27.6. The highest BCUT2D eigenvalue weighted by atomic mass is 16.2. The van der Waals surface area contributed by atoms with Crippen LogP contribution in [0.3, 0.4) is 0 Å². The molecule has 2 fully saturated rings. The standard InChI is InChI=1S/C37H46N6O5/c1-23(2)19-30-34(45)39-17-16-29(40-33(44)28(38)21-24-9-4-3-5-10-24)37(48)43-18-8-13-32(43)36(47)42-31(35(46)41-30)22-25-14-15-26-11-6-7-12-27(26)20-25/h3-7,9-12,14-15,20,23,28-32H,8,13,16-19,21-22,38H2,1-2H3,(H,39,45)(H,40,44)(H,41,46)(H,42,47)/t28-,29+,30-,31-,32+/m0/s1. The Labute approximate surface area is 281 Å². The van der Waals surface area contributed by atoms with Crippen molar-refractivity contribution in [3.05, 3.63) is 83.9 Å². The number of hydrogen-bond donors (Lipinski definition) is 5. The van der Waals surface area contributed by atoms with E-state index in [4.69, 9.17) is 5.73 Å².